The molecule has 2 aromatic rings. The highest BCUT2D eigenvalue weighted by atomic mass is 19.4. The molecule has 7 heteroatoms. The van der Waals surface area contributed by atoms with Gasteiger partial charge in [0.25, 0.3) is 0 Å². The van der Waals surface area contributed by atoms with Crippen molar-refractivity contribution < 1.29 is 13.2 Å². The van der Waals surface area contributed by atoms with E-state index >= 15 is 0 Å². The molecular weight excluding hydrogens is 257 g/mol. The highest BCUT2D eigenvalue weighted by Gasteiger charge is 2.34. The molecule has 2 N–H and O–H groups in total. The predicted molar refractivity (Wildman–Crippen MR) is 64.9 cm³/mol. The maximum absolute atomic E-state index is 13.0. The number of nitrogens with two attached hydrogens (primary N) is 1. The summed E-state index contributed by atoms with van der Waals surface area (Å²) in [6.07, 6.45) is -4.45. The molecule has 2 rings (SSSR count). The van der Waals surface area contributed by atoms with Crippen molar-refractivity contribution in [1.29, 1.82) is 0 Å². The summed E-state index contributed by atoms with van der Waals surface area (Å²) in [6.45, 7) is 3.64. The SMILES string of the molecule is CC(C)c1c(N)nnn1-c1ccccc1C(F)(F)F. The first-order valence-electron chi connectivity index (χ1n) is 5.70. The first-order chi connectivity index (χ1) is 8.82. The molecule has 0 spiro atoms. The Bertz CT molecular complexity index is 587. The summed E-state index contributed by atoms with van der Waals surface area (Å²) < 4.78 is 40.1. The van der Waals surface area contributed by atoms with Crippen LogP contribution < -0.4 is 5.73 Å². The van der Waals surface area contributed by atoms with Gasteiger partial charge in [-0.2, -0.15) is 13.2 Å². The third-order valence-corrected chi connectivity index (χ3v) is 2.72. The zero-order chi connectivity index (χ0) is 14.2. The van der Waals surface area contributed by atoms with Crippen molar-refractivity contribution in [1.82, 2.24) is 15.0 Å². The molecule has 0 aliphatic heterocycles. The summed E-state index contributed by atoms with van der Waals surface area (Å²) in [5, 5.41) is 7.38. The minimum absolute atomic E-state index is 0.0668. The van der Waals surface area contributed by atoms with Crippen LogP contribution in [-0.2, 0) is 6.18 Å². The molecule has 19 heavy (non-hydrogen) atoms. The summed E-state index contributed by atoms with van der Waals surface area (Å²) in [4.78, 5) is 0. The fourth-order valence-corrected chi connectivity index (χ4v) is 1.92. The van der Waals surface area contributed by atoms with E-state index in [1.54, 1.807) is 0 Å². The molecule has 0 radical (unpaired) electrons. The summed E-state index contributed by atoms with van der Waals surface area (Å²) in [7, 11) is 0. The van der Waals surface area contributed by atoms with Crippen LogP contribution in [0.15, 0.2) is 24.3 Å². The Balaban J connectivity index is 2.67. The number of halogens is 3. The zero-order valence-electron chi connectivity index (χ0n) is 10.4. The van der Waals surface area contributed by atoms with Gasteiger partial charge in [-0.3, -0.25) is 0 Å². The zero-order valence-corrected chi connectivity index (χ0v) is 10.4. The van der Waals surface area contributed by atoms with E-state index < -0.39 is 11.7 Å². The number of anilines is 1. The van der Waals surface area contributed by atoms with Crippen LogP contribution in [0.5, 0.6) is 0 Å². The molecule has 1 heterocycles. The average Bonchev–Trinajstić information content (AvgIpc) is 2.70. The van der Waals surface area contributed by atoms with E-state index in [4.69, 9.17) is 5.73 Å². The third-order valence-electron chi connectivity index (χ3n) is 2.72. The number of aromatic nitrogens is 3. The first-order valence-corrected chi connectivity index (χ1v) is 5.70. The molecule has 0 atom stereocenters. The van der Waals surface area contributed by atoms with Crippen LogP contribution in [0.1, 0.15) is 31.0 Å². The number of rotatable bonds is 2. The Morgan fingerprint density at radius 2 is 1.84 bits per heavy atom. The number of nitrogens with zero attached hydrogens (tertiary/aromatic N) is 3. The number of alkyl halides is 3. The van der Waals surface area contributed by atoms with Crippen molar-refractivity contribution in [2.45, 2.75) is 25.9 Å². The quantitative estimate of drug-likeness (QED) is 0.912. The fraction of sp³-hybridized carbons (Fsp3) is 0.333. The number of nitrogen functional groups attached to an aromatic ring is 1. The molecule has 0 unspecified atom stereocenters. The highest BCUT2D eigenvalue weighted by molar-refractivity contribution is 5.47. The number of hydrogen-bond acceptors (Lipinski definition) is 3. The van der Waals surface area contributed by atoms with Crippen LogP contribution in [0.3, 0.4) is 0 Å². The number of hydrogen-bond donors (Lipinski definition) is 1. The Morgan fingerprint density at radius 1 is 1.21 bits per heavy atom. The van der Waals surface area contributed by atoms with E-state index in [-0.39, 0.29) is 17.4 Å². The van der Waals surface area contributed by atoms with Crippen molar-refractivity contribution in [3.05, 3.63) is 35.5 Å². The molecule has 0 saturated heterocycles. The van der Waals surface area contributed by atoms with Crippen LogP contribution in [0, 0.1) is 0 Å². The molecule has 1 aromatic heterocycles. The molecule has 0 aliphatic carbocycles. The monoisotopic (exact) mass is 270 g/mol. The van der Waals surface area contributed by atoms with E-state index in [9.17, 15) is 13.2 Å². The van der Waals surface area contributed by atoms with Gasteiger partial charge in [0.15, 0.2) is 5.82 Å². The molecule has 0 amide bonds. The average molecular weight is 270 g/mol. The second-order valence-electron chi connectivity index (χ2n) is 4.44. The van der Waals surface area contributed by atoms with Crippen molar-refractivity contribution in [3.63, 3.8) is 0 Å². The van der Waals surface area contributed by atoms with Crippen molar-refractivity contribution in [3.8, 4) is 5.69 Å². The minimum atomic E-state index is -4.45. The van der Waals surface area contributed by atoms with E-state index in [0.717, 1.165) is 10.7 Å². The molecule has 1 aromatic carbocycles. The summed E-state index contributed by atoms with van der Waals surface area (Å²) in [5.41, 5.74) is 5.30. The second-order valence-corrected chi connectivity index (χ2v) is 4.44. The van der Waals surface area contributed by atoms with Crippen LogP contribution in [0.2, 0.25) is 0 Å². The maximum atomic E-state index is 13.0. The Labute approximate surface area is 108 Å². The van der Waals surface area contributed by atoms with Crippen LogP contribution in [0.4, 0.5) is 19.0 Å². The van der Waals surface area contributed by atoms with E-state index in [2.05, 4.69) is 10.3 Å². The lowest BCUT2D eigenvalue weighted by atomic mass is 10.1. The van der Waals surface area contributed by atoms with Gasteiger partial charge in [-0.1, -0.05) is 31.2 Å². The Morgan fingerprint density at radius 3 is 2.42 bits per heavy atom. The largest absolute Gasteiger partial charge is 0.418 e. The summed E-state index contributed by atoms with van der Waals surface area (Å²) in [5.74, 6) is 0.0586. The smallest absolute Gasteiger partial charge is 0.381 e. The van der Waals surface area contributed by atoms with Gasteiger partial charge < -0.3 is 5.73 Å². The van der Waals surface area contributed by atoms with Gasteiger partial charge in [0.05, 0.1) is 16.9 Å². The van der Waals surface area contributed by atoms with Gasteiger partial charge in [0, 0.05) is 0 Å². The van der Waals surface area contributed by atoms with Gasteiger partial charge >= 0.3 is 6.18 Å². The Hall–Kier alpha value is -2.05. The minimum Gasteiger partial charge on any atom is -0.381 e. The molecule has 0 saturated carbocycles. The Kier molecular flexibility index (Phi) is 3.21. The van der Waals surface area contributed by atoms with Crippen molar-refractivity contribution in [2.24, 2.45) is 0 Å². The topological polar surface area (TPSA) is 56.7 Å². The molecule has 4 nitrogen and oxygen atoms in total. The van der Waals surface area contributed by atoms with Crippen LogP contribution in [-0.4, -0.2) is 15.0 Å². The van der Waals surface area contributed by atoms with E-state index in [1.807, 2.05) is 13.8 Å². The first kappa shape index (κ1) is 13.4. The van der Waals surface area contributed by atoms with Gasteiger partial charge in [0.1, 0.15) is 0 Å². The summed E-state index contributed by atoms with van der Waals surface area (Å²) in [6, 6.07) is 5.22. The van der Waals surface area contributed by atoms with Gasteiger partial charge in [-0.15, -0.1) is 5.10 Å². The molecule has 0 bridgehead atoms. The second kappa shape index (κ2) is 4.56. The van der Waals surface area contributed by atoms with E-state index in [0.29, 0.717) is 5.69 Å². The lowest BCUT2D eigenvalue weighted by Crippen LogP contribution is -2.14. The number of benzene rings is 1. The standard InChI is InChI=1S/C12H13F3N4/c1-7(2)10-11(16)17-18-19(10)9-6-4-3-5-8(9)12(13,14)15/h3-7H,16H2,1-2H3. The van der Waals surface area contributed by atoms with Crippen LogP contribution >= 0.6 is 0 Å². The van der Waals surface area contributed by atoms with Gasteiger partial charge in [0.2, 0.25) is 0 Å². The lowest BCUT2D eigenvalue weighted by Gasteiger charge is -2.15. The molecule has 102 valence electrons. The molecule has 0 aliphatic rings. The lowest BCUT2D eigenvalue weighted by molar-refractivity contribution is -0.137. The normalized spacial score (nSPS) is 12.1. The fourth-order valence-electron chi connectivity index (χ4n) is 1.92. The van der Waals surface area contributed by atoms with Crippen LogP contribution in [0.25, 0.3) is 5.69 Å². The maximum Gasteiger partial charge on any atom is 0.418 e. The van der Waals surface area contributed by atoms with Gasteiger partial charge in [-0.05, 0) is 18.1 Å². The predicted octanol–water partition coefficient (Wildman–Crippen LogP) is 2.99. The molecule has 0 fully saturated rings. The number of para-hydroxylation sites is 1. The van der Waals surface area contributed by atoms with Gasteiger partial charge in [-0.25, -0.2) is 4.68 Å². The van der Waals surface area contributed by atoms with Crippen molar-refractivity contribution >= 4 is 5.82 Å². The third kappa shape index (κ3) is 2.40. The van der Waals surface area contributed by atoms with Crippen molar-refractivity contribution in [2.75, 3.05) is 5.73 Å². The highest BCUT2D eigenvalue weighted by Crippen LogP contribution is 2.35. The summed E-state index contributed by atoms with van der Waals surface area (Å²) >= 11 is 0. The molecular formula is C12H13F3N4. The van der Waals surface area contributed by atoms with E-state index in [1.165, 1.54) is 18.2 Å².